The van der Waals surface area contributed by atoms with Gasteiger partial charge in [-0.15, -0.1) is 0 Å². The van der Waals surface area contributed by atoms with Crippen LogP contribution in [0.4, 0.5) is 13.2 Å². The molecule has 0 radical (unpaired) electrons. The average Bonchev–Trinajstić information content (AvgIpc) is 2.56. The first-order chi connectivity index (χ1) is 11.6. The number of nitrogens with zero attached hydrogens (tertiary/aromatic N) is 1. The van der Waals surface area contributed by atoms with Crippen molar-refractivity contribution < 1.29 is 30.6 Å². The lowest BCUT2D eigenvalue weighted by Gasteiger charge is -2.34. The summed E-state index contributed by atoms with van der Waals surface area (Å²) < 4.78 is 69.2. The smallest absolute Gasteiger partial charge is 0.144 e. The van der Waals surface area contributed by atoms with Gasteiger partial charge < -0.3 is 9.04 Å². The van der Waals surface area contributed by atoms with Crippen LogP contribution in [0.15, 0.2) is 0 Å². The van der Waals surface area contributed by atoms with Gasteiger partial charge in [-0.2, -0.15) is 0 Å². The second-order valence-electron chi connectivity index (χ2n) is 6.25. The maximum atomic E-state index is 13.0. The molecule has 0 aliphatic carbocycles. The monoisotopic (exact) mass is 391 g/mol. The molecule has 0 amide bonds. The number of hydrogen-bond acceptors (Lipinski definition) is 3. The molecular formula is C17H36F3NO3S. The fourth-order valence-electron chi connectivity index (χ4n) is 2.61. The van der Waals surface area contributed by atoms with Crippen molar-refractivity contribution in [3.8, 4) is 0 Å². The third-order valence-corrected chi connectivity index (χ3v) is 5.53. The molecule has 0 aromatic rings. The van der Waals surface area contributed by atoms with Gasteiger partial charge in [0.15, 0.2) is 0 Å². The van der Waals surface area contributed by atoms with E-state index >= 15 is 0 Å². The molecule has 4 nitrogen and oxygen atoms in total. The Labute approximate surface area is 152 Å². The summed E-state index contributed by atoms with van der Waals surface area (Å²) in [6, 6.07) is 0. The molecule has 0 bridgehead atoms. The minimum Gasteiger partial charge on any atom is -0.748 e. The van der Waals surface area contributed by atoms with Crippen LogP contribution >= 0.6 is 0 Å². The first-order valence-corrected chi connectivity index (χ1v) is 10.8. The molecule has 0 saturated heterocycles. The van der Waals surface area contributed by atoms with E-state index in [1.807, 2.05) is 0 Å². The Kier molecular flexibility index (Phi) is 15.9. The number of alkyl halides is 3. The van der Waals surface area contributed by atoms with Gasteiger partial charge in [-0.25, -0.2) is 17.2 Å². The molecule has 0 spiro atoms. The molecule has 0 rings (SSSR count). The number of rotatable bonds is 13. The Morgan fingerprint density at radius 1 is 0.840 bits per heavy atom. The van der Waals surface area contributed by atoms with Crippen LogP contribution in [0.5, 0.6) is 0 Å². The molecule has 0 N–H and O–H groups in total. The van der Waals surface area contributed by atoms with Gasteiger partial charge in [-0.05, 0) is 40.5 Å². The van der Waals surface area contributed by atoms with E-state index in [2.05, 4.69) is 27.7 Å². The van der Waals surface area contributed by atoms with E-state index in [4.69, 9.17) is 0 Å². The standard InChI is InChI=1S/C9H17F3O3S.C8H20N/c10-6-4-2-1-3-5-8(11)9(12)7-16(13,14)15;1-5-9(6-2,7-3)8-4/h8-9H,1-7H2,(H,13,14,15);5-8H2,1-4H3/q;+1/p-1. The fourth-order valence-corrected chi connectivity index (χ4v) is 3.21. The molecule has 0 saturated carbocycles. The molecule has 0 heterocycles. The summed E-state index contributed by atoms with van der Waals surface area (Å²) in [4.78, 5) is 0. The maximum Gasteiger partial charge on any atom is 0.144 e. The molecule has 154 valence electrons. The Hall–Kier alpha value is -0.340. The van der Waals surface area contributed by atoms with Crippen LogP contribution in [0.3, 0.4) is 0 Å². The van der Waals surface area contributed by atoms with Crippen LogP contribution < -0.4 is 0 Å². The molecule has 0 fully saturated rings. The van der Waals surface area contributed by atoms with Gasteiger partial charge in [-0.3, -0.25) is 4.39 Å². The third-order valence-electron chi connectivity index (χ3n) is 4.80. The highest BCUT2D eigenvalue weighted by molar-refractivity contribution is 7.85. The SMILES string of the molecule is CC[N+](CC)(CC)CC.O=S(=O)([O-])CC(F)C(F)CCCCCCF. The van der Waals surface area contributed by atoms with Crippen molar-refractivity contribution in [1.29, 1.82) is 0 Å². The number of quaternary nitrogens is 1. The van der Waals surface area contributed by atoms with E-state index in [0.717, 1.165) is 0 Å². The van der Waals surface area contributed by atoms with E-state index in [1.54, 1.807) is 0 Å². The van der Waals surface area contributed by atoms with Crippen LogP contribution in [-0.4, -0.2) is 68.4 Å². The summed E-state index contributed by atoms with van der Waals surface area (Å²) in [6.07, 6.45) is -2.41. The summed E-state index contributed by atoms with van der Waals surface area (Å²) in [6.45, 7) is 13.8. The average molecular weight is 392 g/mol. The first kappa shape index (κ1) is 26.9. The molecule has 2 unspecified atom stereocenters. The lowest BCUT2D eigenvalue weighted by Crippen LogP contribution is -2.47. The van der Waals surface area contributed by atoms with Crippen molar-refractivity contribution in [2.24, 2.45) is 0 Å². The van der Waals surface area contributed by atoms with Crippen LogP contribution in [0.1, 0.15) is 59.8 Å². The lowest BCUT2D eigenvalue weighted by molar-refractivity contribution is -0.921. The lowest BCUT2D eigenvalue weighted by atomic mass is 10.1. The second-order valence-corrected chi connectivity index (χ2v) is 7.70. The third kappa shape index (κ3) is 14.5. The van der Waals surface area contributed by atoms with E-state index in [0.29, 0.717) is 25.7 Å². The Morgan fingerprint density at radius 3 is 1.60 bits per heavy atom. The van der Waals surface area contributed by atoms with E-state index in [9.17, 15) is 26.1 Å². The molecule has 25 heavy (non-hydrogen) atoms. The van der Waals surface area contributed by atoms with Gasteiger partial charge in [0.25, 0.3) is 0 Å². The summed E-state index contributed by atoms with van der Waals surface area (Å²) in [5.74, 6) is -1.32. The van der Waals surface area contributed by atoms with Crippen molar-refractivity contribution in [3.05, 3.63) is 0 Å². The molecule has 0 aromatic carbocycles. The Bertz CT molecular complexity index is 386. The second kappa shape index (κ2) is 14.8. The normalized spacial score (nSPS) is 14.6. The van der Waals surface area contributed by atoms with Gasteiger partial charge in [0.2, 0.25) is 0 Å². The van der Waals surface area contributed by atoms with Gasteiger partial charge in [-0.1, -0.05) is 19.3 Å². The maximum absolute atomic E-state index is 13.0. The van der Waals surface area contributed by atoms with E-state index < -0.39 is 34.9 Å². The quantitative estimate of drug-likeness (QED) is 0.271. The van der Waals surface area contributed by atoms with Gasteiger partial charge in [0.05, 0.1) is 48.7 Å². The van der Waals surface area contributed by atoms with Gasteiger partial charge >= 0.3 is 0 Å². The van der Waals surface area contributed by atoms with Crippen LogP contribution in [0.2, 0.25) is 0 Å². The first-order valence-electron chi connectivity index (χ1n) is 9.24. The Morgan fingerprint density at radius 2 is 1.28 bits per heavy atom. The minimum atomic E-state index is -4.72. The molecule has 8 heteroatoms. The summed E-state index contributed by atoms with van der Waals surface area (Å²) in [7, 11) is -4.72. The van der Waals surface area contributed by atoms with Crippen molar-refractivity contribution in [2.75, 3.05) is 38.6 Å². The Balaban J connectivity index is 0. The van der Waals surface area contributed by atoms with Crippen LogP contribution in [0.25, 0.3) is 0 Å². The number of hydrogen-bond donors (Lipinski definition) is 0. The van der Waals surface area contributed by atoms with Crippen molar-refractivity contribution in [1.82, 2.24) is 0 Å². The van der Waals surface area contributed by atoms with Crippen LogP contribution in [-0.2, 0) is 10.1 Å². The zero-order valence-electron chi connectivity index (χ0n) is 16.1. The highest BCUT2D eigenvalue weighted by atomic mass is 32.2. The highest BCUT2D eigenvalue weighted by Crippen LogP contribution is 2.15. The highest BCUT2D eigenvalue weighted by Gasteiger charge is 2.22. The van der Waals surface area contributed by atoms with Crippen molar-refractivity contribution >= 4 is 10.1 Å². The van der Waals surface area contributed by atoms with Crippen molar-refractivity contribution in [3.63, 3.8) is 0 Å². The molecule has 2 atom stereocenters. The van der Waals surface area contributed by atoms with E-state index in [1.165, 1.54) is 30.7 Å². The summed E-state index contributed by atoms with van der Waals surface area (Å²) >= 11 is 0. The van der Waals surface area contributed by atoms with Gasteiger partial charge in [0, 0.05) is 0 Å². The molecule has 0 aromatic heterocycles. The van der Waals surface area contributed by atoms with Crippen LogP contribution in [0, 0.1) is 0 Å². The largest absolute Gasteiger partial charge is 0.748 e. The van der Waals surface area contributed by atoms with Gasteiger partial charge in [0.1, 0.15) is 12.3 Å². The topological polar surface area (TPSA) is 57.2 Å². The predicted octanol–water partition coefficient (Wildman–Crippen LogP) is 4.01. The van der Waals surface area contributed by atoms with Crippen molar-refractivity contribution in [2.45, 2.75) is 72.1 Å². The molecule has 0 aliphatic heterocycles. The summed E-state index contributed by atoms with van der Waals surface area (Å²) in [5, 5.41) is 0. The zero-order chi connectivity index (χ0) is 19.9. The number of halogens is 3. The molecular weight excluding hydrogens is 355 g/mol. The summed E-state index contributed by atoms with van der Waals surface area (Å²) in [5.41, 5.74) is 0. The molecule has 0 aliphatic rings. The zero-order valence-corrected chi connectivity index (χ0v) is 17.0. The fraction of sp³-hybridized carbons (Fsp3) is 1.00. The number of unbranched alkanes of at least 4 members (excludes halogenated alkanes) is 3. The van der Waals surface area contributed by atoms with E-state index in [-0.39, 0.29) is 6.42 Å². The predicted molar refractivity (Wildman–Crippen MR) is 95.8 cm³/mol. The minimum absolute atomic E-state index is 0.136.